The Balaban J connectivity index is 1.98. The number of rotatable bonds is 3. The van der Waals surface area contributed by atoms with Crippen LogP contribution >= 0.6 is 22.9 Å². The first-order valence-electron chi connectivity index (χ1n) is 6.40. The van der Waals surface area contributed by atoms with Crippen LogP contribution in [0.3, 0.4) is 0 Å². The molecule has 18 heavy (non-hydrogen) atoms. The lowest BCUT2D eigenvalue weighted by Crippen LogP contribution is -2.13. The predicted molar refractivity (Wildman–Crippen MR) is 79.7 cm³/mol. The van der Waals surface area contributed by atoms with Gasteiger partial charge in [-0.3, -0.25) is 0 Å². The van der Waals surface area contributed by atoms with Crippen LogP contribution in [0.2, 0.25) is 0 Å². The first-order valence-corrected chi connectivity index (χ1v) is 7.65. The van der Waals surface area contributed by atoms with E-state index in [-0.39, 0.29) is 10.8 Å². The highest BCUT2D eigenvalue weighted by atomic mass is 35.5. The van der Waals surface area contributed by atoms with Crippen LogP contribution in [-0.2, 0) is 5.41 Å². The lowest BCUT2D eigenvalue weighted by Gasteiger charge is -2.22. The first kappa shape index (κ1) is 12.3. The summed E-state index contributed by atoms with van der Waals surface area (Å²) < 4.78 is 0. The van der Waals surface area contributed by atoms with Gasteiger partial charge in [-0.25, -0.2) is 0 Å². The summed E-state index contributed by atoms with van der Waals surface area (Å²) in [6.07, 6.45) is 2.42. The molecule has 0 nitrogen and oxygen atoms in total. The highest BCUT2D eigenvalue weighted by Crippen LogP contribution is 2.60. The molecule has 1 atom stereocenters. The SMILES string of the molecule is Cc1cc(C)c(C(Cl)C2(c3ccccc3)CC2)s1. The quantitative estimate of drug-likeness (QED) is 0.661. The van der Waals surface area contributed by atoms with Crippen LogP contribution in [0, 0.1) is 13.8 Å². The lowest BCUT2D eigenvalue weighted by molar-refractivity contribution is 0.668. The molecule has 0 saturated heterocycles. The van der Waals surface area contributed by atoms with Crippen molar-refractivity contribution in [3.63, 3.8) is 0 Å². The van der Waals surface area contributed by atoms with Crippen LogP contribution in [-0.4, -0.2) is 0 Å². The van der Waals surface area contributed by atoms with Gasteiger partial charge in [-0.2, -0.15) is 0 Å². The Morgan fingerprint density at radius 2 is 1.83 bits per heavy atom. The molecule has 1 aliphatic carbocycles. The van der Waals surface area contributed by atoms with Crippen LogP contribution in [0.15, 0.2) is 36.4 Å². The molecule has 0 aliphatic heterocycles. The third-order valence-corrected chi connectivity index (χ3v) is 5.91. The van der Waals surface area contributed by atoms with Crippen LogP contribution in [0.25, 0.3) is 0 Å². The molecule has 0 bridgehead atoms. The second kappa shape index (κ2) is 4.40. The Bertz CT molecular complexity index is 552. The maximum Gasteiger partial charge on any atom is 0.0777 e. The molecule has 1 heterocycles. The van der Waals surface area contributed by atoms with Gasteiger partial charge in [0.15, 0.2) is 0 Å². The van der Waals surface area contributed by atoms with Gasteiger partial charge in [0, 0.05) is 15.2 Å². The van der Waals surface area contributed by atoms with Gasteiger partial charge < -0.3 is 0 Å². The number of hydrogen-bond donors (Lipinski definition) is 0. The van der Waals surface area contributed by atoms with E-state index in [1.54, 1.807) is 0 Å². The molecule has 1 saturated carbocycles. The summed E-state index contributed by atoms with van der Waals surface area (Å²) in [6, 6.07) is 13.0. The van der Waals surface area contributed by atoms with Gasteiger partial charge in [-0.05, 0) is 43.9 Å². The average Bonchev–Trinajstić information content (AvgIpc) is 3.11. The smallest absolute Gasteiger partial charge is 0.0777 e. The summed E-state index contributed by atoms with van der Waals surface area (Å²) in [7, 11) is 0. The normalized spacial score (nSPS) is 18.6. The Morgan fingerprint density at radius 3 is 2.33 bits per heavy atom. The van der Waals surface area contributed by atoms with E-state index >= 15 is 0 Å². The lowest BCUT2D eigenvalue weighted by atomic mass is 9.90. The second-order valence-electron chi connectivity index (χ2n) is 5.29. The molecular weight excluding hydrogens is 260 g/mol. The fraction of sp³-hybridized carbons (Fsp3) is 0.375. The summed E-state index contributed by atoms with van der Waals surface area (Å²) in [4.78, 5) is 2.72. The minimum atomic E-state index is 0.124. The molecule has 94 valence electrons. The van der Waals surface area contributed by atoms with Crippen LogP contribution in [0.4, 0.5) is 0 Å². The molecule has 3 rings (SSSR count). The highest BCUT2D eigenvalue weighted by Gasteiger charge is 2.51. The molecule has 2 aromatic rings. The Labute approximate surface area is 118 Å². The van der Waals surface area contributed by atoms with Gasteiger partial charge in [0.1, 0.15) is 0 Å². The van der Waals surface area contributed by atoms with Gasteiger partial charge in [0.05, 0.1) is 5.38 Å². The topological polar surface area (TPSA) is 0 Å². The molecule has 1 aliphatic rings. The van der Waals surface area contributed by atoms with E-state index in [0.29, 0.717) is 0 Å². The number of hydrogen-bond acceptors (Lipinski definition) is 1. The van der Waals surface area contributed by atoms with Crippen molar-refractivity contribution >= 4 is 22.9 Å². The van der Waals surface area contributed by atoms with E-state index in [1.165, 1.54) is 33.7 Å². The third-order valence-electron chi connectivity index (χ3n) is 3.93. The summed E-state index contributed by atoms with van der Waals surface area (Å²) in [5, 5.41) is 0.124. The van der Waals surface area contributed by atoms with E-state index in [0.717, 1.165) is 0 Å². The monoisotopic (exact) mass is 276 g/mol. The summed E-state index contributed by atoms with van der Waals surface area (Å²) >= 11 is 8.68. The maximum atomic E-state index is 6.82. The molecule has 0 spiro atoms. The fourth-order valence-electron chi connectivity index (χ4n) is 2.76. The van der Waals surface area contributed by atoms with Crippen molar-refractivity contribution in [2.75, 3.05) is 0 Å². The zero-order valence-electron chi connectivity index (χ0n) is 10.7. The molecule has 1 unspecified atom stereocenters. The number of alkyl halides is 1. The largest absolute Gasteiger partial charge is 0.144 e. The second-order valence-corrected chi connectivity index (χ2v) is 7.01. The van der Waals surface area contributed by atoms with E-state index in [2.05, 4.69) is 50.2 Å². The van der Waals surface area contributed by atoms with Gasteiger partial charge in [0.2, 0.25) is 0 Å². The van der Waals surface area contributed by atoms with Crippen LogP contribution in [0.1, 0.15) is 39.1 Å². The Kier molecular flexibility index (Phi) is 2.99. The summed E-state index contributed by atoms with van der Waals surface area (Å²) in [6.45, 7) is 4.34. The van der Waals surface area contributed by atoms with Crippen molar-refractivity contribution in [1.29, 1.82) is 0 Å². The maximum absolute atomic E-state index is 6.82. The molecule has 1 aromatic carbocycles. The third kappa shape index (κ3) is 1.90. The van der Waals surface area contributed by atoms with Gasteiger partial charge >= 0.3 is 0 Å². The Hall–Kier alpha value is -0.790. The molecule has 0 radical (unpaired) electrons. The van der Waals surface area contributed by atoms with Crippen LogP contribution in [0.5, 0.6) is 0 Å². The van der Waals surface area contributed by atoms with Crippen molar-refractivity contribution in [1.82, 2.24) is 0 Å². The van der Waals surface area contributed by atoms with Gasteiger partial charge in [-0.15, -0.1) is 22.9 Å². The van der Waals surface area contributed by atoms with Crippen molar-refractivity contribution < 1.29 is 0 Å². The number of benzene rings is 1. The van der Waals surface area contributed by atoms with Crippen molar-refractivity contribution in [3.8, 4) is 0 Å². The summed E-state index contributed by atoms with van der Waals surface area (Å²) in [5.41, 5.74) is 2.93. The van der Waals surface area contributed by atoms with Crippen LogP contribution < -0.4 is 0 Å². The molecule has 1 fully saturated rings. The molecule has 2 heteroatoms. The first-order chi connectivity index (χ1) is 8.63. The molecule has 1 aromatic heterocycles. The van der Waals surface area contributed by atoms with E-state index in [1.807, 2.05) is 11.3 Å². The average molecular weight is 277 g/mol. The van der Waals surface area contributed by atoms with E-state index in [9.17, 15) is 0 Å². The molecular formula is C16H17ClS. The minimum Gasteiger partial charge on any atom is -0.144 e. The minimum absolute atomic E-state index is 0.124. The molecule has 0 amide bonds. The van der Waals surface area contributed by atoms with Crippen molar-refractivity contribution in [2.24, 2.45) is 0 Å². The molecule has 0 N–H and O–H groups in total. The van der Waals surface area contributed by atoms with E-state index < -0.39 is 0 Å². The zero-order chi connectivity index (χ0) is 12.8. The fourth-order valence-corrected chi connectivity index (χ4v) is 4.54. The highest BCUT2D eigenvalue weighted by molar-refractivity contribution is 7.12. The standard InChI is InChI=1S/C16H17ClS/c1-11-10-12(2)18-14(11)15(17)16(8-9-16)13-6-4-3-5-7-13/h3-7,10,15H,8-9H2,1-2H3. The Morgan fingerprint density at radius 1 is 1.17 bits per heavy atom. The van der Waals surface area contributed by atoms with Crippen molar-refractivity contribution in [2.45, 2.75) is 37.5 Å². The number of thiophene rings is 1. The number of halogens is 1. The van der Waals surface area contributed by atoms with E-state index in [4.69, 9.17) is 11.6 Å². The summed E-state index contributed by atoms with van der Waals surface area (Å²) in [5.74, 6) is 0. The predicted octanol–water partition coefficient (Wildman–Crippen LogP) is 5.38. The van der Waals surface area contributed by atoms with Gasteiger partial charge in [0.25, 0.3) is 0 Å². The van der Waals surface area contributed by atoms with Gasteiger partial charge in [-0.1, -0.05) is 30.3 Å². The zero-order valence-corrected chi connectivity index (χ0v) is 12.3. The number of aryl methyl sites for hydroxylation is 2. The van der Waals surface area contributed by atoms with Crippen molar-refractivity contribution in [3.05, 3.63) is 57.3 Å².